The first-order valence-electron chi connectivity index (χ1n) is 7.96. The zero-order chi connectivity index (χ0) is 14.5. The number of nitrogens with zero attached hydrogens (tertiary/aromatic N) is 1. The minimum Gasteiger partial charge on any atom is -0.364 e. The Bertz CT molecular complexity index is 1030. The Morgan fingerprint density at radius 3 is 3.05 bits per heavy atom. The van der Waals surface area contributed by atoms with E-state index in [0.29, 0.717) is 0 Å². The molecular formula is C19H17N3. The highest BCUT2D eigenvalue weighted by atomic mass is 14.8. The summed E-state index contributed by atoms with van der Waals surface area (Å²) in [6, 6.07) is 2.12. The normalized spacial score (nSPS) is 16.0. The Labute approximate surface area is 128 Å². The number of rotatable bonds is 1. The summed E-state index contributed by atoms with van der Waals surface area (Å²) >= 11 is 0. The summed E-state index contributed by atoms with van der Waals surface area (Å²) in [5.74, 6) is 0. The highest BCUT2D eigenvalue weighted by Gasteiger charge is 2.17. The lowest BCUT2D eigenvalue weighted by molar-refractivity contribution is 0.945. The maximum absolute atomic E-state index is 4.69. The standard InChI is InChI=1S/C19H17N3/c1-3-7-16-13(6-1)15(11-21-16)18-19-14(9-10-20-18)12-5-2-4-8-17(12)22-19/h1,5-6,8-11,21-22H,2-4,7H2. The lowest BCUT2D eigenvalue weighted by atomic mass is 9.99. The number of allylic oxidation sites excluding steroid dienone is 1. The van der Waals surface area contributed by atoms with Gasteiger partial charge in [0.15, 0.2) is 0 Å². The summed E-state index contributed by atoms with van der Waals surface area (Å²) in [5.41, 5.74) is 6.04. The Morgan fingerprint density at radius 1 is 1.09 bits per heavy atom. The van der Waals surface area contributed by atoms with Crippen LogP contribution >= 0.6 is 0 Å². The fraction of sp³-hybridized carbons (Fsp3) is 0.211. The second-order valence-electron chi connectivity index (χ2n) is 6.06. The number of aromatic nitrogens is 3. The molecule has 0 amide bonds. The molecular weight excluding hydrogens is 270 g/mol. The van der Waals surface area contributed by atoms with Crippen LogP contribution in [0.3, 0.4) is 0 Å². The molecule has 0 saturated heterocycles. The van der Waals surface area contributed by atoms with Gasteiger partial charge in [0.2, 0.25) is 0 Å². The van der Waals surface area contributed by atoms with E-state index in [-0.39, 0.29) is 0 Å². The molecule has 0 unspecified atom stereocenters. The zero-order valence-corrected chi connectivity index (χ0v) is 12.3. The van der Waals surface area contributed by atoms with Crippen molar-refractivity contribution < 1.29 is 0 Å². The number of aryl methyl sites for hydroxylation is 1. The van der Waals surface area contributed by atoms with E-state index in [1.165, 1.54) is 32.8 Å². The van der Waals surface area contributed by atoms with Gasteiger partial charge in [-0.15, -0.1) is 0 Å². The van der Waals surface area contributed by atoms with Crippen molar-refractivity contribution >= 4 is 29.1 Å². The van der Waals surface area contributed by atoms with Gasteiger partial charge >= 0.3 is 0 Å². The number of nitrogens with one attached hydrogen (secondary N) is 2. The van der Waals surface area contributed by atoms with Crippen molar-refractivity contribution in [3.05, 3.63) is 46.4 Å². The van der Waals surface area contributed by atoms with Gasteiger partial charge in [0, 0.05) is 45.2 Å². The third-order valence-electron chi connectivity index (χ3n) is 4.76. The van der Waals surface area contributed by atoms with Gasteiger partial charge in [-0.2, -0.15) is 0 Å². The van der Waals surface area contributed by atoms with Crippen molar-refractivity contribution in [1.82, 2.24) is 15.0 Å². The predicted molar refractivity (Wildman–Crippen MR) is 90.6 cm³/mol. The Morgan fingerprint density at radius 2 is 2.05 bits per heavy atom. The van der Waals surface area contributed by atoms with Gasteiger partial charge in [-0.25, -0.2) is 0 Å². The number of hydrogen-bond acceptors (Lipinski definition) is 1. The van der Waals surface area contributed by atoms with Gasteiger partial charge in [0.25, 0.3) is 0 Å². The van der Waals surface area contributed by atoms with Crippen molar-refractivity contribution in [2.24, 2.45) is 0 Å². The van der Waals surface area contributed by atoms with Gasteiger partial charge in [-0.1, -0.05) is 24.3 Å². The van der Waals surface area contributed by atoms with Crippen LogP contribution in [-0.2, 0) is 6.42 Å². The first kappa shape index (κ1) is 12.0. The maximum Gasteiger partial charge on any atom is 0.0964 e. The zero-order valence-electron chi connectivity index (χ0n) is 12.3. The highest BCUT2D eigenvalue weighted by molar-refractivity contribution is 5.95. The number of pyridine rings is 1. The van der Waals surface area contributed by atoms with Crippen LogP contribution in [0.15, 0.2) is 24.5 Å². The van der Waals surface area contributed by atoms with Gasteiger partial charge in [-0.3, -0.25) is 4.98 Å². The van der Waals surface area contributed by atoms with Crippen LogP contribution in [0.25, 0.3) is 40.4 Å². The fourth-order valence-electron chi connectivity index (χ4n) is 3.70. The van der Waals surface area contributed by atoms with Crippen LogP contribution in [-0.4, -0.2) is 15.0 Å². The second kappa shape index (κ2) is 4.47. The van der Waals surface area contributed by atoms with E-state index in [0.717, 1.165) is 36.9 Å². The largest absolute Gasteiger partial charge is 0.364 e. The van der Waals surface area contributed by atoms with E-state index in [4.69, 9.17) is 0 Å². The molecule has 3 heteroatoms. The van der Waals surface area contributed by atoms with Crippen molar-refractivity contribution in [2.75, 3.05) is 0 Å². The minimum absolute atomic E-state index is 1.05. The summed E-state index contributed by atoms with van der Waals surface area (Å²) in [6.07, 6.45) is 17.6. The van der Waals surface area contributed by atoms with E-state index in [2.05, 4.69) is 51.5 Å². The van der Waals surface area contributed by atoms with Gasteiger partial charge in [-0.05, 0) is 31.7 Å². The Kier molecular flexibility index (Phi) is 2.45. The molecule has 0 aliphatic heterocycles. The number of aromatic amines is 2. The minimum atomic E-state index is 1.05. The van der Waals surface area contributed by atoms with E-state index in [1.54, 1.807) is 0 Å². The number of fused-ring (bicyclic) bond motifs is 4. The topological polar surface area (TPSA) is 44.5 Å². The summed E-state index contributed by atoms with van der Waals surface area (Å²) in [5, 5.41) is 3.87. The molecule has 0 bridgehead atoms. The lowest BCUT2D eigenvalue weighted by Gasteiger charge is -2.07. The van der Waals surface area contributed by atoms with Crippen LogP contribution in [0, 0.1) is 0 Å². The first-order chi connectivity index (χ1) is 10.9. The van der Waals surface area contributed by atoms with E-state index < -0.39 is 0 Å². The molecule has 3 heterocycles. The molecule has 0 atom stereocenters. The van der Waals surface area contributed by atoms with Crippen LogP contribution in [0.1, 0.15) is 30.5 Å². The molecule has 2 N–H and O–H groups in total. The molecule has 3 aromatic heterocycles. The summed E-state index contributed by atoms with van der Waals surface area (Å²) in [6.45, 7) is 0. The van der Waals surface area contributed by atoms with Crippen LogP contribution in [0.5, 0.6) is 0 Å². The van der Waals surface area contributed by atoms with Crippen molar-refractivity contribution in [2.45, 2.75) is 25.7 Å². The molecule has 22 heavy (non-hydrogen) atoms. The van der Waals surface area contributed by atoms with Crippen molar-refractivity contribution in [3.8, 4) is 11.3 Å². The third kappa shape index (κ3) is 1.59. The SMILES string of the molecule is C1=Cc2c(-c3nccc4c5c([nH]c34)=CCCC=5)c[nH]c2CC1. The monoisotopic (exact) mass is 287 g/mol. The van der Waals surface area contributed by atoms with E-state index in [9.17, 15) is 0 Å². The third-order valence-corrected chi connectivity index (χ3v) is 4.76. The average Bonchev–Trinajstić information content (AvgIpc) is 3.16. The highest BCUT2D eigenvalue weighted by Crippen LogP contribution is 2.32. The molecule has 0 saturated carbocycles. The predicted octanol–water partition coefficient (Wildman–Crippen LogP) is 2.87. The molecule has 5 rings (SSSR count). The molecule has 3 nitrogen and oxygen atoms in total. The summed E-state index contributed by atoms with van der Waals surface area (Å²) in [7, 11) is 0. The first-order valence-corrected chi connectivity index (χ1v) is 7.96. The molecule has 2 aliphatic carbocycles. The van der Waals surface area contributed by atoms with Crippen molar-refractivity contribution in [1.29, 1.82) is 0 Å². The van der Waals surface area contributed by atoms with Gasteiger partial charge in [0.05, 0.1) is 11.2 Å². The second-order valence-corrected chi connectivity index (χ2v) is 6.06. The molecule has 3 aromatic rings. The van der Waals surface area contributed by atoms with E-state index >= 15 is 0 Å². The fourth-order valence-corrected chi connectivity index (χ4v) is 3.70. The van der Waals surface area contributed by atoms with Crippen LogP contribution < -0.4 is 10.6 Å². The Hall–Kier alpha value is -2.55. The Balaban J connectivity index is 1.85. The van der Waals surface area contributed by atoms with Gasteiger partial charge < -0.3 is 9.97 Å². The van der Waals surface area contributed by atoms with E-state index in [1.807, 2.05) is 6.20 Å². The molecule has 0 fully saturated rings. The molecule has 0 radical (unpaired) electrons. The lowest BCUT2D eigenvalue weighted by Crippen LogP contribution is -2.24. The quantitative estimate of drug-likeness (QED) is 0.710. The number of H-pyrrole nitrogens is 2. The van der Waals surface area contributed by atoms with Crippen LogP contribution in [0.4, 0.5) is 0 Å². The summed E-state index contributed by atoms with van der Waals surface area (Å²) in [4.78, 5) is 11.7. The van der Waals surface area contributed by atoms with Crippen LogP contribution in [0.2, 0.25) is 0 Å². The molecule has 0 spiro atoms. The number of hydrogen-bond donors (Lipinski definition) is 2. The molecule has 0 aromatic carbocycles. The average molecular weight is 287 g/mol. The smallest absolute Gasteiger partial charge is 0.0964 e. The van der Waals surface area contributed by atoms with Crippen molar-refractivity contribution in [3.63, 3.8) is 0 Å². The van der Waals surface area contributed by atoms with Gasteiger partial charge in [0.1, 0.15) is 0 Å². The molecule has 2 aliphatic rings. The molecule has 108 valence electrons. The maximum atomic E-state index is 4.69. The summed E-state index contributed by atoms with van der Waals surface area (Å²) < 4.78 is 0.